The number of amides is 1. The van der Waals surface area contributed by atoms with Crippen LogP contribution < -0.4 is 15.8 Å². The van der Waals surface area contributed by atoms with Crippen molar-refractivity contribution < 1.29 is 13.9 Å². The summed E-state index contributed by atoms with van der Waals surface area (Å²) < 4.78 is 18.7. The number of benzene rings is 1. The molecule has 0 spiro atoms. The lowest BCUT2D eigenvalue weighted by Gasteiger charge is -2.17. The summed E-state index contributed by atoms with van der Waals surface area (Å²) in [4.78, 5) is 11.8. The molecule has 1 aliphatic rings. The summed E-state index contributed by atoms with van der Waals surface area (Å²) in [7, 11) is 0. The minimum absolute atomic E-state index is 0.00427. The molecule has 2 rings (SSSR count). The first-order chi connectivity index (χ1) is 9.08. The third-order valence-electron chi connectivity index (χ3n) is 3.25. The monoisotopic (exact) mass is 266 g/mol. The average Bonchev–Trinajstić information content (AvgIpc) is 3.22. The van der Waals surface area contributed by atoms with Gasteiger partial charge in [-0.2, -0.15) is 0 Å². The standard InChI is InChI=1S/C14H19FN2O2/c1-9(19-13-5-3-2-4-11(13)15)14(18)17-8-12(16)10-6-7-10/h2-5,9-10,12H,6-8,16H2,1H3,(H,17,18). The van der Waals surface area contributed by atoms with Gasteiger partial charge in [0.15, 0.2) is 17.7 Å². The van der Waals surface area contributed by atoms with Crippen molar-refractivity contribution in [3.8, 4) is 5.75 Å². The molecule has 0 aliphatic heterocycles. The molecule has 19 heavy (non-hydrogen) atoms. The number of hydrogen-bond acceptors (Lipinski definition) is 3. The number of rotatable bonds is 6. The first-order valence-electron chi connectivity index (χ1n) is 6.52. The van der Waals surface area contributed by atoms with Gasteiger partial charge in [-0.05, 0) is 37.8 Å². The maximum atomic E-state index is 13.4. The van der Waals surface area contributed by atoms with E-state index >= 15 is 0 Å². The zero-order valence-corrected chi connectivity index (χ0v) is 10.9. The SMILES string of the molecule is CC(Oc1ccccc1F)C(=O)NCC(N)C1CC1. The third kappa shape index (κ3) is 3.92. The first-order valence-corrected chi connectivity index (χ1v) is 6.52. The molecule has 2 unspecified atom stereocenters. The van der Waals surface area contributed by atoms with Gasteiger partial charge in [-0.25, -0.2) is 4.39 Å². The molecule has 3 N–H and O–H groups in total. The van der Waals surface area contributed by atoms with Gasteiger partial charge in [0.05, 0.1) is 0 Å². The van der Waals surface area contributed by atoms with Crippen LogP contribution in [-0.4, -0.2) is 24.6 Å². The summed E-state index contributed by atoms with van der Waals surface area (Å²) in [6.07, 6.45) is 1.53. The van der Waals surface area contributed by atoms with Gasteiger partial charge >= 0.3 is 0 Å². The molecular formula is C14H19FN2O2. The topological polar surface area (TPSA) is 64.3 Å². The molecule has 1 aromatic carbocycles. The van der Waals surface area contributed by atoms with E-state index in [9.17, 15) is 9.18 Å². The Balaban J connectivity index is 1.80. The molecular weight excluding hydrogens is 247 g/mol. The smallest absolute Gasteiger partial charge is 0.260 e. The van der Waals surface area contributed by atoms with E-state index in [1.54, 1.807) is 19.1 Å². The summed E-state index contributed by atoms with van der Waals surface area (Å²) in [5.41, 5.74) is 5.89. The summed E-state index contributed by atoms with van der Waals surface area (Å²) in [5, 5.41) is 2.73. The van der Waals surface area contributed by atoms with Gasteiger partial charge in [0, 0.05) is 12.6 Å². The lowest BCUT2D eigenvalue weighted by Crippen LogP contribution is -2.43. The Morgan fingerprint density at radius 1 is 1.53 bits per heavy atom. The number of nitrogens with one attached hydrogen (secondary N) is 1. The predicted octanol–water partition coefficient (Wildman–Crippen LogP) is 1.45. The Morgan fingerprint density at radius 2 is 2.21 bits per heavy atom. The Bertz CT molecular complexity index is 449. The molecule has 104 valence electrons. The van der Waals surface area contributed by atoms with Crippen molar-refractivity contribution in [3.63, 3.8) is 0 Å². The molecule has 1 aliphatic carbocycles. The van der Waals surface area contributed by atoms with E-state index in [0.717, 1.165) is 12.8 Å². The van der Waals surface area contributed by atoms with Crippen molar-refractivity contribution in [1.29, 1.82) is 0 Å². The number of para-hydroxylation sites is 1. The van der Waals surface area contributed by atoms with Crippen LogP contribution in [0.5, 0.6) is 5.75 Å². The number of carbonyl (C=O) groups excluding carboxylic acids is 1. The van der Waals surface area contributed by atoms with Crippen LogP contribution in [0, 0.1) is 11.7 Å². The number of ether oxygens (including phenoxy) is 1. The maximum absolute atomic E-state index is 13.4. The van der Waals surface area contributed by atoms with Crippen LogP contribution >= 0.6 is 0 Å². The van der Waals surface area contributed by atoms with Crippen LogP contribution in [-0.2, 0) is 4.79 Å². The summed E-state index contributed by atoms with van der Waals surface area (Å²) in [6.45, 7) is 2.03. The summed E-state index contributed by atoms with van der Waals surface area (Å²) in [6, 6.07) is 6.02. The molecule has 5 heteroatoms. The van der Waals surface area contributed by atoms with Crippen LogP contribution in [0.25, 0.3) is 0 Å². The van der Waals surface area contributed by atoms with E-state index in [1.165, 1.54) is 12.1 Å². The van der Waals surface area contributed by atoms with Gasteiger partial charge in [-0.3, -0.25) is 4.79 Å². The zero-order valence-electron chi connectivity index (χ0n) is 10.9. The van der Waals surface area contributed by atoms with Crippen LogP contribution in [0.4, 0.5) is 4.39 Å². The van der Waals surface area contributed by atoms with Crippen LogP contribution in [0.1, 0.15) is 19.8 Å². The van der Waals surface area contributed by atoms with Gasteiger partial charge in [0.25, 0.3) is 5.91 Å². The Kier molecular flexibility index (Phi) is 4.37. The number of nitrogens with two attached hydrogens (primary N) is 1. The van der Waals surface area contributed by atoms with Crippen LogP contribution in [0.2, 0.25) is 0 Å². The predicted molar refractivity (Wildman–Crippen MR) is 70.2 cm³/mol. The number of hydrogen-bond donors (Lipinski definition) is 2. The van der Waals surface area contributed by atoms with Gasteiger partial charge in [-0.1, -0.05) is 12.1 Å². The minimum atomic E-state index is -0.747. The number of halogens is 1. The fourth-order valence-corrected chi connectivity index (χ4v) is 1.84. The van der Waals surface area contributed by atoms with E-state index in [-0.39, 0.29) is 17.7 Å². The summed E-state index contributed by atoms with van der Waals surface area (Å²) >= 11 is 0. The van der Waals surface area contributed by atoms with Crippen molar-refractivity contribution in [2.45, 2.75) is 31.9 Å². The molecule has 0 aromatic heterocycles. The second-order valence-electron chi connectivity index (χ2n) is 4.94. The van der Waals surface area contributed by atoms with Gasteiger partial charge in [-0.15, -0.1) is 0 Å². The Hall–Kier alpha value is -1.62. The lowest BCUT2D eigenvalue weighted by molar-refractivity contribution is -0.127. The Labute approximate surface area is 112 Å². The van der Waals surface area contributed by atoms with Crippen molar-refractivity contribution in [1.82, 2.24) is 5.32 Å². The third-order valence-corrected chi connectivity index (χ3v) is 3.25. The molecule has 1 aromatic rings. The van der Waals surface area contributed by atoms with Crippen LogP contribution in [0.3, 0.4) is 0 Å². The molecule has 0 radical (unpaired) electrons. The fraction of sp³-hybridized carbons (Fsp3) is 0.500. The second-order valence-corrected chi connectivity index (χ2v) is 4.94. The minimum Gasteiger partial charge on any atom is -0.478 e. The fourth-order valence-electron chi connectivity index (χ4n) is 1.84. The van der Waals surface area contributed by atoms with E-state index in [2.05, 4.69) is 5.32 Å². The first kappa shape index (κ1) is 13.8. The van der Waals surface area contributed by atoms with Crippen molar-refractivity contribution >= 4 is 5.91 Å². The maximum Gasteiger partial charge on any atom is 0.260 e. The molecule has 4 nitrogen and oxygen atoms in total. The molecule has 0 bridgehead atoms. The highest BCUT2D eigenvalue weighted by molar-refractivity contribution is 5.80. The molecule has 2 atom stereocenters. The number of carbonyl (C=O) groups is 1. The molecule has 0 heterocycles. The highest BCUT2D eigenvalue weighted by Crippen LogP contribution is 2.31. The molecule has 1 amide bonds. The largest absolute Gasteiger partial charge is 0.478 e. The van der Waals surface area contributed by atoms with Crippen LogP contribution in [0.15, 0.2) is 24.3 Å². The van der Waals surface area contributed by atoms with Crippen molar-refractivity contribution in [2.24, 2.45) is 11.7 Å². The van der Waals surface area contributed by atoms with Gasteiger partial charge < -0.3 is 15.8 Å². The Morgan fingerprint density at radius 3 is 2.84 bits per heavy atom. The highest BCUT2D eigenvalue weighted by Gasteiger charge is 2.29. The zero-order chi connectivity index (χ0) is 13.8. The van der Waals surface area contributed by atoms with E-state index in [4.69, 9.17) is 10.5 Å². The second kappa shape index (κ2) is 6.02. The summed E-state index contributed by atoms with van der Waals surface area (Å²) in [5.74, 6) is -0.143. The van der Waals surface area contributed by atoms with E-state index < -0.39 is 11.9 Å². The molecule has 0 saturated heterocycles. The quantitative estimate of drug-likeness (QED) is 0.819. The van der Waals surface area contributed by atoms with Crippen molar-refractivity contribution in [2.75, 3.05) is 6.54 Å². The molecule has 1 fully saturated rings. The molecule has 1 saturated carbocycles. The van der Waals surface area contributed by atoms with Crippen molar-refractivity contribution in [3.05, 3.63) is 30.1 Å². The average molecular weight is 266 g/mol. The normalized spacial score (nSPS) is 17.6. The van der Waals surface area contributed by atoms with E-state index in [1.807, 2.05) is 0 Å². The van der Waals surface area contributed by atoms with Gasteiger partial charge in [0.2, 0.25) is 0 Å². The van der Waals surface area contributed by atoms with E-state index in [0.29, 0.717) is 12.5 Å². The van der Waals surface area contributed by atoms with Gasteiger partial charge in [0.1, 0.15) is 0 Å². The highest BCUT2D eigenvalue weighted by atomic mass is 19.1. The lowest BCUT2D eigenvalue weighted by atomic mass is 10.2.